The molecule has 4 aliphatic carbocycles. The molecule has 4 saturated carbocycles. The summed E-state index contributed by atoms with van der Waals surface area (Å²) in [7, 11) is 1.52. The molecule has 0 heterocycles. The van der Waals surface area contributed by atoms with Crippen molar-refractivity contribution in [3.05, 3.63) is 0 Å². The van der Waals surface area contributed by atoms with Gasteiger partial charge in [0.2, 0.25) is 0 Å². The summed E-state index contributed by atoms with van der Waals surface area (Å²) >= 11 is 0. The summed E-state index contributed by atoms with van der Waals surface area (Å²) in [5.74, 6) is 5.08. The summed E-state index contributed by atoms with van der Waals surface area (Å²) < 4.78 is 4.92. The maximum Gasteiger partial charge on any atom is 0.305 e. The average Bonchev–Trinajstić information content (AvgIpc) is 3.17. The number of ether oxygens (including phenoxy) is 1. The molecule has 4 rings (SSSR count). The number of rotatable bonds is 9. The molecular formula is C30H54N2O2. The molecule has 2 N–H and O–H groups in total. The topological polar surface area (TPSA) is 50.4 Å². The van der Waals surface area contributed by atoms with Crippen LogP contribution in [0.25, 0.3) is 0 Å². The summed E-state index contributed by atoms with van der Waals surface area (Å²) in [6.45, 7) is 14.4. The Morgan fingerprint density at radius 3 is 2.41 bits per heavy atom. The van der Waals surface area contributed by atoms with Crippen LogP contribution >= 0.6 is 0 Å². The van der Waals surface area contributed by atoms with Crippen LogP contribution in [-0.2, 0) is 9.53 Å². The smallest absolute Gasteiger partial charge is 0.305 e. The van der Waals surface area contributed by atoms with Gasteiger partial charge in [0.15, 0.2) is 0 Å². The van der Waals surface area contributed by atoms with Crippen molar-refractivity contribution in [1.82, 2.24) is 10.6 Å². The molecule has 0 saturated heterocycles. The van der Waals surface area contributed by atoms with Gasteiger partial charge in [-0.15, -0.1) is 0 Å². The molecule has 196 valence electrons. The van der Waals surface area contributed by atoms with Gasteiger partial charge in [-0.05, 0) is 111 Å². The van der Waals surface area contributed by atoms with Gasteiger partial charge < -0.3 is 15.4 Å². The zero-order valence-electron chi connectivity index (χ0n) is 23.1. The van der Waals surface area contributed by atoms with E-state index in [0.717, 1.165) is 55.1 Å². The van der Waals surface area contributed by atoms with Gasteiger partial charge in [0.05, 0.1) is 7.11 Å². The standard InChI is InChI=1S/C30H54N2O2/c1-20(2)31-17-18-32-23-13-15-29(4)22(19-23)8-9-24-26-11-10-25(21(3)7-12-28(33)34-6)30(26,5)16-14-27(24)29/h20-27,31-32H,7-19H2,1-6H3. The molecule has 0 spiro atoms. The lowest BCUT2D eigenvalue weighted by Gasteiger charge is -2.61. The van der Waals surface area contributed by atoms with E-state index >= 15 is 0 Å². The number of hydrogen-bond acceptors (Lipinski definition) is 4. The second-order valence-corrected chi connectivity index (χ2v) is 13.5. The minimum absolute atomic E-state index is 0.0391. The lowest BCUT2D eigenvalue weighted by atomic mass is 9.44. The van der Waals surface area contributed by atoms with Crippen molar-refractivity contribution in [3.8, 4) is 0 Å². The van der Waals surface area contributed by atoms with Crippen LogP contribution in [0, 0.1) is 46.3 Å². The molecule has 4 fully saturated rings. The third-order valence-electron chi connectivity index (χ3n) is 11.6. The SMILES string of the molecule is COC(=O)CCC(C)C1CCC2C3CCC4CC(NCCNC(C)C)CCC4(C)C3CCC12C. The van der Waals surface area contributed by atoms with E-state index in [-0.39, 0.29) is 5.97 Å². The molecule has 0 aromatic carbocycles. The highest BCUT2D eigenvalue weighted by Crippen LogP contribution is 2.68. The van der Waals surface area contributed by atoms with E-state index in [4.69, 9.17) is 4.74 Å². The average molecular weight is 475 g/mol. The van der Waals surface area contributed by atoms with Gasteiger partial charge in [-0.1, -0.05) is 34.6 Å². The number of hydrogen-bond donors (Lipinski definition) is 2. The highest BCUT2D eigenvalue weighted by Gasteiger charge is 2.60. The number of methoxy groups -OCH3 is 1. The van der Waals surface area contributed by atoms with E-state index in [1.165, 1.54) is 64.9 Å². The first-order chi connectivity index (χ1) is 16.2. The molecular weight excluding hydrogens is 420 g/mol. The molecule has 0 radical (unpaired) electrons. The van der Waals surface area contributed by atoms with Crippen molar-refractivity contribution in [2.45, 2.75) is 117 Å². The number of carbonyl (C=O) groups is 1. The third-order valence-corrected chi connectivity index (χ3v) is 11.6. The van der Waals surface area contributed by atoms with Crippen LogP contribution in [0.1, 0.15) is 105 Å². The molecule has 0 aliphatic heterocycles. The maximum absolute atomic E-state index is 11.7. The Morgan fingerprint density at radius 1 is 0.941 bits per heavy atom. The van der Waals surface area contributed by atoms with Crippen molar-refractivity contribution in [2.75, 3.05) is 20.2 Å². The molecule has 34 heavy (non-hydrogen) atoms. The van der Waals surface area contributed by atoms with Crippen LogP contribution in [0.4, 0.5) is 0 Å². The van der Waals surface area contributed by atoms with Gasteiger partial charge >= 0.3 is 5.97 Å². The van der Waals surface area contributed by atoms with Gasteiger partial charge in [-0.3, -0.25) is 4.79 Å². The normalized spacial score (nSPS) is 42.6. The minimum Gasteiger partial charge on any atom is -0.469 e. The summed E-state index contributed by atoms with van der Waals surface area (Å²) in [6, 6.07) is 1.30. The van der Waals surface area contributed by atoms with Crippen molar-refractivity contribution < 1.29 is 9.53 Å². The van der Waals surface area contributed by atoms with Crippen LogP contribution in [-0.4, -0.2) is 38.3 Å². The molecule has 0 aromatic heterocycles. The van der Waals surface area contributed by atoms with Crippen molar-refractivity contribution >= 4 is 5.97 Å². The van der Waals surface area contributed by atoms with E-state index in [2.05, 4.69) is 45.3 Å². The fraction of sp³-hybridized carbons (Fsp3) is 0.967. The van der Waals surface area contributed by atoms with Crippen molar-refractivity contribution in [2.24, 2.45) is 46.3 Å². The van der Waals surface area contributed by atoms with Crippen LogP contribution in [0.5, 0.6) is 0 Å². The Bertz CT molecular complexity index is 695. The van der Waals surface area contributed by atoms with E-state index < -0.39 is 0 Å². The van der Waals surface area contributed by atoms with Gasteiger partial charge in [0.25, 0.3) is 0 Å². The predicted octanol–water partition coefficient (Wildman–Crippen LogP) is 6.19. The van der Waals surface area contributed by atoms with Gasteiger partial charge in [0, 0.05) is 31.6 Å². The van der Waals surface area contributed by atoms with Crippen LogP contribution in [0.2, 0.25) is 0 Å². The zero-order chi connectivity index (χ0) is 24.5. The quantitative estimate of drug-likeness (QED) is 0.309. The minimum atomic E-state index is -0.0391. The summed E-state index contributed by atoms with van der Waals surface area (Å²) in [5.41, 5.74) is 1.05. The fourth-order valence-electron chi connectivity index (χ4n) is 9.70. The molecule has 4 nitrogen and oxygen atoms in total. The molecule has 0 bridgehead atoms. The largest absolute Gasteiger partial charge is 0.469 e. The Hall–Kier alpha value is -0.610. The molecule has 9 unspecified atom stereocenters. The molecule has 4 heteroatoms. The number of esters is 1. The Balaban J connectivity index is 1.36. The second-order valence-electron chi connectivity index (χ2n) is 13.5. The highest BCUT2D eigenvalue weighted by molar-refractivity contribution is 5.69. The lowest BCUT2D eigenvalue weighted by molar-refractivity contribution is -0.141. The zero-order valence-corrected chi connectivity index (χ0v) is 23.1. The van der Waals surface area contributed by atoms with Gasteiger partial charge in [0.1, 0.15) is 0 Å². The fourth-order valence-corrected chi connectivity index (χ4v) is 9.70. The Morgan fingerprint density at radius 2 is 1.68 bits per heavy atom. The van der Waals surface area contributed by atoms with Crippen LogP contribution in [0.3, 0.4) is 0 Å². The first-order valence-corrected chi connectivity index (χ1v) is 14.7. The Labute approximate surface area is 210 Å². The van der Waals surface area contributed by atoms with Crippen LogP contribution < -0.4 is 10.6 Å². The summed E-state index contributed by atoms with van der Waals surface area (Å²) in [6.07, 6.45) is 14.4. The van der Waals surface area contributed by atoms with E-state index in [0.29, 0.717) is 29.2 Å². The molecule has 0 amide bonds. The first kappa shape index (κ1) is 26.5. The molecule has 9 atom stereocenters. The van der Waals surface area contributed by atoms with Gasteiger partial charge in [-0.25, -0.2) is 0 Å². The summed E-state index contributed by atoms with van der Waals surface area (Å²) in [4.78, 5) is 11.7. The predicted molar refractivity (Wildman–Crippen MR) is 141 cm³/mol. The van der Waals surface area contributed by atoms with E-state index in [9.17, 15) is 4.79 Å². The third kappa shape index (κ3) is 5.10. The maximum atomic E-state index is 11.7. The number of nitrogens with one attached hydrogen (secondary N) is 2. The van der Waals surface area contributed by atoms with E-state index in [1.54, 1.807) is 0 Å². The molecule has 4 aliphatic rings. The second kappa shape index (κ2) is 10.8. The molecule has 0 aromatic rings. The lowest BCUT2D eigenvalue weighted by Crippen LogP contribution is -2.55. The number of carbonyl (C=O) groups excluding carboxylic acids is 1. The van der Waals surface area contributed by atoms with Crippen molar-refractivity contribution in [3.63, 3.8) is 0 Å². The van der Waals surface area contributed by atoms with Crippen LogP contribution in [0.15, 0.2) is 0 Å². The first-order valence-electron chi connectivity index (χ1n) is 14.7. The highest BCUT2D eigenvalue weighted by atomic mass is 16.5. The van der Waals surface area contributed by atoms with E-state index in [1.807, 2.05) is 0 Å². The van der Waals surface area contributed by atoms with Gasteiger partial charge in [-0.2, -0.15) is 0 Å². The van der Waals surface area contributed by atoms with Crippen molar-refractivity contribution in [1.29, 1.82) is 0 Å². The monoisotopic (exact) mass is 474 g/mol. The Kier molecular flexibility index (Phi) is 8.39. The number of fused-ring (bicyclic) bond motifs is 5. The summed E-state index contributed by atoms with van der Waals surface area (Å²) in [5, 5.41) is 7.44.